The summed E-state index contributed by atoms with van der Waals surface area (Å²) >= 11 is 6.64. The molecule has 0 radical (unpaired) electrons. The van der Waals surface area contributed by atoms with E-state index >= 15 is 8.78 Å². The van der Waals surface area contributed by atoms with Crippen molar-refractivity contribution in [2.24, 2.45) is 18.7 Å². The van der Waals surface area contributed by atoms with Crippen LogP contribution in [0.5, 0.6) is 0 Å². The molecular weight excluding hydrogens is 867 g/mol. The number of anilines is 1. The van der Waals surface area contributed by atoms with Crippen LogP contribution in [0.1, 0.15) is 77.9 Å². The van der Waals surface area contributed by atoms with E-state index in [1.165, 1.54) is 36.0 Å². The van der Waals surface area contributed by atoms with Gasteiger partial charge >= 0.3 is 6.18 Å². The van der Waals surface area contributed by atoms with E-state index in [0.29, 0.717) is 16.6 Å². The number of primary amides is 1. The summed E-state index contributed by atoms with van der Waals surface area (Å²) in [6, 6.07) is 6.11. The highest BCUT2D eigenvalue weighted by Crippen LogP contribution is 2.69. The number of nitrogens with two attached hydrogens (primary N) is 1. The predicted octanol–water partition coefficient (Wildman–Crippen LogP) is 7.71. The highest BCUT2D eigenvalue weighted by Gasteiger charge is 2.69. The van der Waals surface area contributed by atoms with Gasteiger partial charge in [0.1, 0.15) is 40.4 Å². The van der Waals surface area contributed by atoms with Crippen molar-refractivity contribution in [3.05, 3.63) is 111 Å². The number of fused-ring (bicyclic) bond motifs is 4. The first kappa shape index (κ1) is 42.7. The van der Waals surface area contributed by atoms with Crippen LogP contribution in [0.2, 0.25) is 5.02 Å². The predicted molar refractivity (Wildman–Crippen MR) is 214 cm³/mol. The van der Waals surface area contributed by atoms with Crippen molar-refractivity contribution in [3.63, 3.8) is 0 Å². The summed E-state index contributed by atoms with van der Waals surface area (Å²) in [6.07, 6.45) is -1.89. The molecule has 0 spiro atoms. The summed E-state index contributed by atoms with van der Waals surface area (Å²) in [5.74, 6) is -5.18. The van der Waals surface area contributed by atoms with Gasteiger partial charge in [0.15, 0.2) is 11.5 Å². The first-order chi connectivity index (χ1) is 28.9. The molecule has 4 heterocycles. The molecular formula is C41H35ClF7N9O3S. The molecule has 1 unspecified atom stereocenters. The van der Waals surface area contributed by atoms with Crippen molar-refractivity contribution in [1.82, 2.24) is 34.1 Å². The Morgan fingerprint density at radius 3 is 2.37 bits per heavy atom. The van der Waals surface area contributed by atoms with Gasteiger partial charge in [-0.05, 0) is 81.3 Å². The Hall–Kier alpha value is -5.94. The number of benzene rings is 2. The zero-order valence-corrected chi connectivity index (χ0v) is 34.9. The van der Waals surface area contributed by atoms with Crippen LogP contribution in [0.25, 0.3) is 22.0 Å². The third kappa shape index (κ3) is 7.44. The lowest BCUT2D eigenvalue weighted by Crippen LogP contribution is -2.37. The standard InChI is InChI=1S/C41H35ClF7N9O3S/c1-19-51-12-13-57(19)39(2,3)11-10-23-6-7-24(25-8-9-29(42)31-33(25)56(4)54-38(31)55-62(5,60)61)32(52-23)27(16-20-14-21(43)17-22(44)15-20)34(37(50)59)58-36-30(35(53-58)41(47,48)49)26-18-28(26)40(36,45)46/h6-9,12-15,17,26-28,34H,16,18H2,1-5H3,(H2,50,59)(H,54,55)/t26-,27+,28+,34?/m0/s1. The smallest absolute Gasteiger partial charge is 0.368 e. The number of carbonyl (C=O) groups is 1. The maximum absolute atomic E-state index is 16.2. The molecule has 2 aliphatic rings. The molecule has 324 valence electrons. The summed E-state index contributed by atoms with van der Waals surface area (Å²) in [7, 11) is -2.44. The zero-order valence-electron chi connectivity index (χ0n) is 33.3. The van der Waals surface area contributed by atoms with Crippen molar-refractivity contribution in [2.45, 2.75) is 69.1 Å². The van der Waals surface area contributed by atoms with Gasteiger partial charge in [-0.2, -0.15) is 32.1 Å². The van der Waals surface area contributed by atoms with E-state index in [9.17, 15) is 35.2 Å². The third-order valence-electron chi connectivity index (χ3n) is 11.2. The molecule has 0 bridgehead atoms. The highest BCUT2D eigenvalue weighted by molar-refractivity contribution is 7.92. The number of imidazole rings is 1. The van der Waals surface area contributed by atoms with Gasteiger partial charge < -0.3 is 10.3 Å². The van der Waals surface area contributed by atoms with Crippen LogP contribution in [0.4, 0.5) is 36.6 Å². The molecule has 0 saturated heterocycles. The maximum Gasteiger partial charge on any atom is 0.435 e. The molecule has 1 fully saturated rings. The summed E-state index contributed by atoms with van der Waals surface area (Å²) in [5, 5.41) is 8.14. The zero-order chi connectivity index (χ0) is 45.0. The van der Waals surface area contributed by atoms with Crippen LogP contribution in [-0.2, 0) is 45.9 Å². The number of carbonyl (C=O) groups excluding carboxylic acids is 1. The lowest BCUT2D eigenvalue weighted by molar-refractivity contribution is -0.142. The summed E-state index contributed by atoms with van der Waals surface area (Å²) in [5.41, 5.74) is 1.84. The Morgan fingerprint density at radius 2 is 1.76 bits per heavy atom. The molecule has 4 atom stereocenters. The average molecular weight is 902 g/mol. The quantitative estimate of drug-likeness (QED) is 0.105. The Kier molecular flexibility index (Phi) is 10.0. The SMILES string of the molecule is Cc1nccn1C(C)(C)C#Cc1ccc(-c2ccc(Cl)c3c(NS(C)(=O)=O)nn(C)c23)c([C@@H](Cc2cc(F)cc(F)c2)C(C(N)=O)n2nc(C(F)(F)F)c3c2C(F)(F)[C@@H]2C[C@H]32)n1. The number of nitrogens with zero attached hydrogens (tertiary/aromatic N) is 7. The van der Waals surface area contributed by atoms with Crippen molar-refractivity contribution < 1.29 is 43.9 Å². The Labute approximate surface area is 354 Å². The van der Waals surface area contributed by atoms with Gasteiger partial charge in [0, 0.05) is 54.0 Å². The molecule has 0 aliphatic heterocycles. The Morgan fingerprint density at radius 1 is 1.08 bits per heavy atom. The number of pyridine rings is 1. The van der Waals surface area contributed by atoms with Crippen LogP contribution >= 0.6 is 11.6 Å². The van der Waals surface area contributed by atoms with Gasteiger partial charge in [-0.15, -0.1) is 0 Å². The number of hydrogen-bond acceptors (Lipinski definition) is 7. The monoisotopic (exact) mass is 901 g/mol. The van der Waals surface area contributed by atoms with Crippen molar-refractivity contribution in [3.8, 4) is 23.0 Å². The van der Waals surface area contributed by atoms with Crippen LogP contribution in [0.3, 0.4) is 0 Å². The minimum absolute atomic E-state index is 0.0242. The number of halogens is 8. The molecule has 1 amide bonds. The van der Waals surface area contributed by atoms with Gasteiger partial charge in [0.25, 0.3) is 5.92 Å². The summed E-state index contributed by atoms with van der Waals surface area (Å²) in [4.78, 5) is 23.0. The normalized spacial score (nSPS) is 17.9. The lowest BCUT2D eigenvalue weighted by atomic mass is 9.84. The van der Waals surface area contributed by atoms with Crippen LogP contribution in [0.15, 0.2) is 54.9 Å². The van der Waals surface area contributed by atoms with E-state index in [1.807, 2.05) is 0 Å². The molecule has 1 saturated carbocycles. The van der Waals surface area contributed by atoms with E-state index in [4.69, 9.17) is 22.3 Å². The highest BCUT2D eigenvalue weighted by atomic mass is 35.5. The summed E-state index contributed by atoms with van der Waals surface area (Å²) < 4.78 is 137. The second-order valence-electron chi connectivity index (χ2n) is 16.0. The number of aryl methyl sites for hydroxylation is 2. The number of hydrogen-bond donors (Lipinski definition) is 2. The summed E-state index contributed by atoms with van der Waals surface area (Å²) in [6.45, 7) is 5.36. The van der Waals surface area contributed by atoms with E-state index < -0.39 is 92.4 Å². The number of nitrogens with one attached hydrogen (secondary N) is 1. The first-order valence-corrected chi connectivity index (χ1v) is 21.1. The van der Waals surface area contributed by atoms with Gasteiger partial charge in [-0.3, -0.25) is 14.2 Å². The van der Waals surface area contributed by atoms with Crippen molar-refractivity contribution in [1.29, 1.82) is 0 Å². The number of amides is 1. The number of alkyl halides is 5. The fourth-order valence-electron chi connectivity index (χ4n) is 8.60. The van der Waals surface area contributed by atoms with E-state index in [0.717, 1.165) is 18.4 Å². The second-order valence-corrected chi connectivity index (χ2v) is 18.2. The fourth-order valence-corrected chi connectivity index (χ4v) is 9.34. The van der Waals surface area contributed by atoms with Crippen molar-refractivity contribution in [2.75, 3.05) is 11.0 Å². The van der Waals surface area contributed by atoms with Crippen molar-refractivity contribution >= 4 is 44.3 Å². The molecule has 21 heteroatoms. The molecule has 2 aliphatic carbocycles. The Balaban J connectivity index is 1.44. The fraction of sp³-hybridized carbons (Fsp3) is 0.341. The third-order valence-corrected chi connectivity index (χ3v) is 12.1. The lowest BCUT2D eigenvalue weighted by Gasteiger charge is -2.29. The molecule has 4 aromatic heterocycles. The molecule has 12 nitrogen and oxygen atoms in total. The van der Waals surface area contributed by atoms with E-state index in [-0.39, 0.29) is 56.2 Å². The molecule has 3 N–H and O–H groups in total. The van der Waals surface area contributed by atoms with Crippen LogP contribution in [-0.4, -0.2) is 54.7 Å². The molecule has 8 rings (SSSR count). The Bertz CT molecular complexity index is 3000. The number of aromatic nitrogens is 7. The van der Waals surface area contributed by atoms with Crippen LogP contribution in [0, 0.1) is 36.3 Å². The molecule has 2 aromatic carbocycles. The van der Waals surface area contributed by atoms with E-state index in [2.05, 4.69) is 31.7 Å². The molecule has 62 heavy (non-hydrogen) atoms. The van der Waals surface area contributed by atoms with Crippen LogP contribution < -0.4 is 10.5 Å². The average Bonchev–Trinajstić information content (AvgIpc) is 3.36. The van der Waals surface area contributed by atoms with Gasteiger partial charge in [-0.25, -0.2) is 31.8 Å². The topological polar surface area (TPSA) is 156 Å². The van der Waals surface area contributed by atoms with Gasteiger partial charge in [0.05, 0.1) is 27.9 Å². The minimum atomic E-state index is -5.22. The first-order valence-electron chi connectivity index (χ1n) is 18.9. The van der Waals surface area contributed by atoms with Gasteiger partial charge in [-0.1, -0.05) is 23.6 Å². The van der Waals surface area contributed by atoms with E-state index in [1.54, 1.807) is 37.7 Å². The number of sulfonamides is 1. The molecule has 6 aromatic rings. The maximum atomic E-state index is 16.2. The number of rotatable bonds is 10. The largest absolute Gasteiger partial charge is 0.435 e. The second kappa shape index (κ2) is 14.6. The van der Waals surface area contributed by atoms with Gasteiger partial charge in [0.2, 0.25) is 15.9 Å². The minimum Gasteiger partial charge on any atom is -0.368 e.